The van der Waals surface area contributed by atoms with Crippen LogP contribution in [-0.4, -0.2) is 11.9 Å². The fourth-order valence-electron chi connectivity index (χ4n) is 1.46. The van der Waals surface area contributed by atoms with Crippen molar-refractivity contribution < 1.29 is 4.39 Å². The highest BCUT2D eigenvalue weighted by atomic mass is 19.1. The van der Waals surface area contributed by atoms with E-state index >= 15 is 0 Å². The van der Waals surface area contributed by atoms with Crippen molar-refractivity contribution in [3.05, 3.63) is 42.0 Å². The van der Waals surface area contributed by atoms with Gasteiger partial charge in [-0.25, -0.2) is 4.39 Å². The van der Waals surface area contributed by atoms with Crippen molar-refractivity contribution in [1.29, 1.82) is 0 Å². The van der Waals surface area contributed by atoms with Crippen LogP contribution in [0.1, 0.15) is 32.3 Å². The lowest BCUT2D eigenvalue weighted by Gasteiger charge is -2.01. The smallest absolute Gasteiger partial charge is 0.118 e. The molecule has 0 aliphatic carbocycles. The van der Waals surface area contributed by atoms with Gasteiger partial charge in [0, 0.05) is 12.1 Å². The maximum Gasteiger partial charge on any atom is 0.118 e. The average Bonchev–Trinajstić information content (AvgIpc) is 2.32. The quantitative estimate of drug-likeness (QED) is 0.512. The number of benzene rings is 1. The van der Waals surface area contributed by atoms with Crippen LogP contribution in [0.4, 0.5) is 10.1 Å². The van der Waals surface area contributed by atoms with E-state index < -0.39 is 6.17 Å². The molecule has 0 amide bonds. The zero-order valence-corrected chi connectivity index (χ0v) is 10.8. The van der Waals surface area contributed by atoms with Crippen LogP contribution in [0.5, 0.6) is 0 Å². The summed E-state index contributed by atoms with van der Waals surface area (Å²) >= 11 is 0. The molecule has 2 heteroatoms. The zero-order chi connectivity index (χ0) is 12.7. The van der Waals surface area contributed by atoms with Crippen LogP contribution in [-0.2, 0) is 0 Å². The number of aryl methyl sites for hydroxylation is 1. The lowest BCUT2D eigenvalue weighted by molar-refractivity contribution is 0.390. The number of alkyl halides is 1. The third-order valence-electron chi connectivity index (χ3n) is 2.57. The van der Waals surface area contributed by atoms with E-state index in [0.717, 1.165) is 17.0 Å². The fourth-order valence-corrected chi connectivity index (χ4v) is 1.46. The van der Waals surface area contributed by atoms with E-state index in [1.54, 1.807) is 6.08 Å². The molecule has 92 valence electrons. The lowest BCUT2D eigenvalue weighted by atomic mass is 10.2. The highest BCUT2D eigenvalue weighted by molar-refractivity contribution is 5.86. The van der Waals surface area contributed by atoms with Crippen molar-refractivity contribution in [2.24, 2.45) is 4.99 Å². The maximum atomic E-state index is 12.9. The summed E-state index contributed by atoms with van der Waals surface area (Å²) in [5.41, 5.74) is 3.15. The van der Waals surface area contributed by atoms with Gasteiger partial charge in [0.1, 0.15) is 6.17 Å². The summed E-state index contributed by atoms with van der Waals surface area (Å²) in [5.74, 6) is 0. The first-order valence-corrected chi connectivity index (χ1v) is 6.04. The standard InChI is InChI=1S/C15H20FN/c1-4-14(16)10-7-9-13(3)17-15-11-6-5-8-12(15)2/h5-8,10-11,14H,4,9H2,1-3H3/b10-7+,17-13?. The minimum absolute atomic E-state index is 0.532. The number of aliphatic imine (C=N–C) groups is 1. The number of nitrogens with zero attached hydrogens (tertiary/aromatic N) is 1. The molecule has 1 unspecified atom stereocenters. The van der Waals surface area contributed by atoms with Gasteiger partial charge in [-0.05, 0) is 31.9 Å². The van der Waals surface area contributed by atoms with Gasteiger partial charge in [0.2, 0.25) is 0 Å². The molecule has 0 aromatic heterocycles. The van der Waals surface area contributed by atoms with Gasteiger partial charge >= 0.3 is 0 Å². The maximum absolute atomic E-state index is 12.9. The van der Waals surface area contributed by atoms with Gasteiger partial charge < -0.3 is 0 Å². The molecular formula is C15H20FN. The summed E-state index contributed by atoms with van der Waals surface area (Å²) < 4.78 is 12.9. The van der Waals surface area contributed by atoms with Crippen LogP contribution in [0.2, 0.25) is 0 Å². The van der Waals surface area contributed by atoms with Gasteiger partial charge in [0.15, 0.2) is 0 Å². The first kappa shape index (κ1) is 13.6. The molecule has 0 heterocycles. The van der Waals surface area contributed by atoms with Crippen LogP contribution < -0.4 is 0 Å². The van der Waals surface area contributed by atoms with Crippen LogP contribution in [0, 0.1) is 6.92 Å². The van der Waals surface area contributed by atoms with Crippen molar-refractivity contribution in [1.82, 2.24) is 0 Å². The van der Waals surface area contributed by atoms with Crippen LogP contribution >= 0.6 is 0 Å². The number of hydrogen-bond donors (Lipinski definition) is 0. The molecule has 1 nitrogen and oxygen atoms in total. The molecule has 0 fully saturated rings. The van der Waals surface area contributed by atoms with Crippen molar-refractivity contribution in [2.45, 2.75) is 39.8 Å². The monoisotopic (exact) mass is 233 g/mol. The van der Waals surface area contributed by atoms with Crippen LogP contribution in [0.25, 0.3) is 0 Å². The van der Waals surface area contributed by atoms with Gasteiger partial charge in [-0.15, -0.1) is 0 Å². The van der Waals surface area contributed by atoms with Crippen molar-refractivity contribution >= 4 is 11.4 Å². The van der Waals surface area contributed by atoms with Gasteiger partial charge in [0.05, 0.1) is 5.69 Å². The number of halogens is 1. The number of hydrogen-bond acceptors (Lipinski definition) is 1. The van der Waals surface area contributed by atoms with E-state index in [1.807, 2.05) is 51.1 Å². The van der Waals surface area contributed by atoms with E-state index in [1.165, 1.54) is 0 Å². The SMILES string of the molecule is CCC(F)/C=C/CC(C)=Nc1ccccc1C. The molecule has 0 bridgehead atoms. The van der Waals surface area contributed by atoms with Crippen molar-refractivity contribution in [3.8, 4) is 0 Å². The summed E-state index contributed by atoms with van der Waals surface area (Å²) in [6, 6.07) is 8.01. The Morgan fingerprint density at radius 2 is 2.12 bits per heavy atom. The van der Waals surface area contributed by atoms with Gasteiger partial charge in [-0.1, -0.05) is 37.3 Å². The first-order chi connectivity index (χ1) is 8.13. The summed E-state index contributed by atoms with van der Waals surface area (Å²) in [6.07, 6.45) is 3.86. The second kappa shape index (κ2) is 7.00. The topological polar surface area (TPSA) is 12.4 Å². The van der Waals surface area contributed by atoms with Gasteiger partial charge in [-0.2, -0.15) is 0 Å². The Bertz CT molecular complexity index is 407. The predicted octanol–water partition coefficient (Wildman–Crippen LogP) is 4.78. The predicted molar refractivity (Wildman–Crippen MR) is 72.9 cm³/mol. The molecule has 0 radical (unpaired) electrons. The fraction of sp³-hybridized carbons (Fsp3) is 0.400. The van der Waals surface area contributed by atoms with E-state index in [9.17, 15) is 4.39 Å². The molecular weight excluding hydrogens is 213 g/mol. The van der Waals surface area contributed by atoms with Gasteiger partial charge in [-0.3, -0.25) is 4.99 Å². The van der Waals surface area contributed by atoms with Crippen molar-refractivity contribution in [3.63, 3.8) is 0 Å². The largest absolute Gasteiger partial charge is 0.258 e. The summed E-state index contributed by atoms with van der Waals surface area (Å²) in [7, 11) is 0. The molecule has 0 N–H and O–H groups in total. The molecule has 0 aliphatic rings. The second-order valence-electron chi connectivity index (χ2n) is 4.19. The average molecular weight is 233 g/mol. The molecule has 0 saturated carbocycles. The minimum atomic E-state index is -0.832. The lowest BCUT2D eigenvalue weighted by Crippen LogP contribution is -1.92. The van der Waals surface area contributed by atoms with E-state index in [0.29, 0.717) is 12.8 Å². The summed E-state index contributed by atoms with van der Waals surface area (Å²) in [6.45, 7) is 5.84. The molecule has 1 aromatic rings. The molecule has 0 spiro atoms. The Morgan fingerprint density at radius 3 is 2.76 bits per heavy atom. The van der Waals surface area contributed by atoms with E-state index in [2.05, 4.69) is 4.99 Å². The van der Waals surface area contributed by atoms with Crippen LogP contribution in [0.15, 0.2) is 41.4 Å². The molecule has 0 saturated heterocycles. The molecule has 1 atom stereocenters. The Hall–Kier alpha value is -1.44. The molecule has 1 rings (SSSR count). The third kappa shape index (κ3) is 4.94. The molecule has 1 aromatic carbocycles. The normalized spacial score (nSPS) is 14.2. The Morgan fingerprint density at radius 1 is 1.41 bits per heavy atom. The summed E-state index contributed by atoms with van der Waals surface area (Å²) in [4.78, 5) is 4.52. The number of para-hydroxylation sites is 1. The Balaban J connectivity index is 2.62. The second-order valence-corrected chi connectivity index (χ2v) is 4.19. The number of rotatable bonds is 5. The highest BCUT2D eigenvalue weighted by Gasteiger charge is 1.97. The zero-order valence-electron chi connectivity index (χ0n) is 10.8. The summed E-state index contributed by atoms with van der Waals surface area (Å²) in [5, 5.41) is 0. The minimum Gasteiger partial charge on any atom is -0.258 e. The highest BCUT2D eigenvalue weighted by Crippen LogP contribution is 2.17. The third-order valence-corrected chi connectivity index (χ3v) is 2.57. The van der Waals surface area contributed by atoms with Gasteiger partial charge in [0.25, 0.3) is 0 Å². The van der Waals surface area contributed by atoms with E-state index in [-0.39, 0.29) is 0 Å². The molecule has 0 aliphatic heterocycles. The first-order valence-electron chi connectivity index (χ1n) is 6.04. The number of allylic oxidation sites excluding steroid dienone is 2. The molecule has 17 heavy (non-hydrogen) atoms. The van der Waals surface area contributed by atoms with Crippen LogP contribution in [0.3, 0.4) is 0 Å². The Kier molecular flexibility index (Phi) is 5.61. The van der Waals surface area contributed by atoms with Crippen molar-refractivity contribution in [2.75, 3.05) is 0 Å². The van der Waals surface area contributed by atoms with E-state index in [4.69, 9.17) is 0 Å². The Labute approximate surface area is 103 Å².